The molecular weight excluding hydrogens is 321 g/mol. The Morgan fingerprint density at radius 1 is 1.32 bits per heavy atom. The van der Waals surface area contributed by atoms with Crippen LogP contribution in [0.15, 0.2) is 30.3 Å². The van der Waals surface area contributed by atoms with Crippen LogP contribution < -0.4 is 11.1 Å². The van der Waals surface area contributed by atoms with E-state index in [1.165, 1.54) is 5.56 Å². The fourth-order valence-corrected chi connectivity index (χ4v) is 2.41. The number of halogens is 2. The number of hydrogen-bond donors (Lipinski definition) is 2. The van der Waals surface area contributed by atoms with E-state index in [1.54, 1.807) is 0 Å². The van der Waals surface area contributed by atoms with Crippen molar-refractivity contribution in [3.8, 4) is 0 Å². The molecule has 0 bridgehead atoms. The molecule has 0 spiro atoms. The Kier molecular flexibility index (Phi) is 9.01. The van der Waals surface area contributed by atoms with E-state index in [2.05, 4.69) is 34.5 Å². The standard InChI is InChI=1S/C16H25N3O.2ClH/c1-16(2,12-17)15(20)18-14-8-9-19(11-14)10-13-6-4-3-5-7-13;;/h3-7,14H,8-12,17H2,1-2H3,(H,18,20);2*1H. The molecule has 126 valence electrons. The van der Waals surface area contributed by atoms with Gasteiger partial charge in [0.2, 0.25) is 5.91 Å². The summed E-state index contributed by atoms with van der Waals surface area (Å²) in [6, 6.07) is 10.7. The smallest absolute Gasteiger partial charge is 0.227 e. The van der Waals surface area contributed by atoms with Gasteiger partial charge in [0, 0.05) is 32.2 Å². The first-order chi connectivity index (χ1) is 9.51. The molecule has 1 aliphatic rings. The molecule has 1 heterocycles. The maximum absolute atomic E-state index is 12.1. The number of amides is 1. The summed E-state index contributed by atoms with van der Waals surface area (Å²) in [5, 5.41) is 3.13. The zero-order chi connectivity index (χ0) is 14.6. The zero-order valence-corrected chi connectivity index (χ0v) is 14.9. The third-order valence-corrected chi connectivity index (χ3v) is 3.98. The predicted molar refractivity (Wildman–Crippen MR) is 95.6 cm³/mol. The van der Waals surface area contributed by atoms with Crippen LogP contribution in [-0.4, -0.2) is 36.5 Å². The fraction of sp³-hybridized carbons (Fsp3) is 0.562. The fourth-order valence-electron chi connectivity index (χ4n) is 2.41. The summed E-state index contributed by atoms with van der Waals surface area (Å²) < 4.78 is 0. The maximum Gasteiger partial charge on any atom is 0.227 e. The molecular formula is C16H27Cl2N3O. The lowest BCUT2D eigenvalue weighted by molar-refractivity contribution is -0.129. The lowest BCUT2D eigenvalue weighted by Gasteiger charge is -2.24. The number of nitrogens with zero attached hydrogens (tertiary/aromatic N) is 1. The van der Waals surface area contributed by atoms with Crippen molar-refractivity contribution in [2.24, 2.45) is 11.1 Å². The van der Waals surface area contributed by atoms with E-state index in [4.69, 9.17) is 5.73 Å². The molecule has 1 aromatic carbocycles. The third kappa shape index (κ3) is 5.76. The summed E-state index contributed by atoms with van der Waals surface area (Å²) in [7, 11) is 0. The average Bonchev–Trinajstić information content (AvgIpc) is 2.87. The largest absolute Gasteiger partial charge is 0.352 e. The molecule has 1 aliphatic heterocycles. The first kappa shape index (κ1) is 21.2. The zero-order valence-electron chi connectivity index (χ0n) is 13.2. The van der Waals surface area contributed by atoms with Crippen LogP contribution in [0.2, 0.25) is 0 Å². The van der Waals surface area contributed by atoms with Crippen molar-refractivity contribution in [3.63, 3.8) is 0 Å². The normalized spacial score (nSPS) is 18.2. The van der Waals surface area contributed by atoms with Gasteiger partial charge in [0.1, 0.15) is 0 Å². The van der Waals surface area contributed by atoms with E-state index in [1.807, 2.05) is 19.9 Å². The predicted octanol–water partition coefficient (Wildman–Crippen LogP) is 2.21. The number of likely N-dealkylation sites (tertiary alicyclic amines) is 1. The molecule has 1 aromatic rings. The van der Waals surface area contributed by atoms with E-state index in [0.717, 1.165) is 26.1 Å². The van der Waals surface area contributed by atoms with Crippen molar-refractivity contribution in [2.45, 2.75) is 32.9 Å². The van der Waals surface area contributed by atoms with Gasteiger partial charge in [-0.25, -0.2) is 0 Å². The lowest BCUT2D eigenvalue weighted by Crippen LogP contribution is -2.46. The summed E-state index contributed by atoms with van der Waals surface area (Å²) >= 11 is 0. The van der Waals surface area contributed by atoms with Gasteiger partial charge in [-0.2, -0.15) is 0 Å². The van der Waals surface area contributed by atoms with Crippen molar-refractivity contribution in [1.82, 2.24) is 10.2 Å². The second kappa shape index (κ2) is 9.36. The van der Waals surface area contributed by atoms with Crippen molar-refractivity contribution >= 4 is 30.7 Å². The molecule has 3 N–H and O–H groups in total. The second-order valence-electron chi connectivity index (χ2n) is 6.27. The molecule has 4 nitrogen and oxygen atoms in total. The van der Waals surface area contributed by atoms with E-state index in [0.29, 0.717) is 6.54 Å². The molecule has 22 heavy (non-hydrogen) atoms. The van der Waals surface area contributed by atoms with Crippen LogP contribution in [0.1, 0.15) is 25.8 Å². The molecule has 1 fully saturated rings. The van der Waals surface area contributed by atoms with Crippen LogP contribution in [-0.2, 0) is 11.3 Å². The third-order valence-electron chi connectivity index (χ3n) is 3.98. The number of nitrogens with two attached hydrogens (primary N) is 1. The van der Waals surface area contributed by atoms with Crippen molar-refractivity contribution in [2.75, 3.05) is 19.6 Å². The molecule has 0 saturated carbocycles. The van der Waals surface area contributed by atoms with Crippen molar-refractivity contribution < 1.29 is 4.79 Å². The van der Waals surface area contributed by atoms with Gasteiger partial charge >= 0.3 is 0 Å². The molecule has 2 rings (SSSR count). The van der Waals surface area contributed by atoms with Gasteiger partial charge in [-0.05, 0) is 25.8 Å². The van der Waals surface area contributed by atoms with Crippen LogP contribution in [0.25, 0.3) is 0 Å². The van der Waals surface area contributed by atoms with Crippen LogP contribution in [0.3, 0.4) is 0 Å². The molecule has 1 amide bonds. The maximum atomic E-state index is 12.1. The summed E-state index contributed by atoms with van der Waals surface area (Å²) in [4.78, 5) is 14.5. The topological polar surface area (TPSA) is 58.4 Å². The number of nitrogens with one attached hydrogen (secondary N) is 1. The van der Waals surface area contributed by atoms with Crippen LogP contribution >= 0.6 is 24.8 Å². The highest BCUT2D eigenvalue weighted by Crippen LogP contribution is 2.17. The van der Waals surface area contributed by atoms with Gasteiger partial charge in [-0.3, -0.25) is 9.69 Å². The number of carbonyl (C=O) groups excluding carboxylic acids is 1. The molecule has 1 unspecified atom stereocenters. The molecule has 0 aliphatic carbocycles. The minimum absolute atomic E-state index is 0. The summed E-state index contributed by atoms with van der Waals surface area (Å²) in [5.74, 6) is 0.0616. The van der Waals surface area contributed by atoms with E-state index < -0.39 is 5.41 Å². The van der Waals surface area contributed by atoms with Crippen molar-refractivity contribution in [1.29, 1.82) is 0 Å². The van der Waals surface area contributed by atoms with Crippen LogP contribution in [0.4, 0.5) is 0 Å². The van der Waals surface area contributed by atoms with Gasteiger partial charge in [-0.1, -0.05) is 30.3 Å². The highest BCUT2D eigenvalue weighted by atomic mass is 35.5. The van der Waals surface area contributed by atoms with Gasteiger partial charge in [0.15, 0.2) is 0 Å². The second-order valence-corrected chi connectivity index (χ2v) is 6.27. The molecule has 6 heteroatoms. The quantitative estimate of drug-likeness (QED) is 0.858. The number of hydrogen-bond acceptors (Lipinski definition) is 3. The van der Waals surface area contributed by atoms with E-state index >= 15 is 0 Å². The minimum Gasteiger partial charge on any atom is -0.352 e. The van der Waals surface area contributed by atoms with E-state index in [-0.39, 0.29) is 36.8 Å². The Hall–Kier alpha value is -0.810. The number of carbonyl (C=O) groups is 1. The Balaban J connectivity index is 0.00000220. The number of rotatable bonds is 5. The molecule has 0 aromatic heterocycles. The highest BCUT2D eigenvalue weighted by Gasteiger charge is 2.30. The van der Waals surface area contributed by atoms with Gasteiger partial charge in [0.25, 0.3) is 0 Å². The Labute approximate surface area is 145 Å². The van der Waals surface area contributed by atoms with Gasteiger partial charge in [0.05, 0.1) is 5.41 Å². The Bertz CT molecular complexity index is 454. The van der Waals surface area contributed by atoms with Gasteiger partial charge < -0.3 is 11.1 Å². The van der Waals surface area contributed by atoms with Crippen molar-refractivity contribution in [3.05, 3.63) is 35.9 Å². The SMILES string of the molecule is CC(C)(CN)C(=O)NC1CCN(Cc2ccccc2)C1.Cl.Cl. The minimum atomic E-state index is -0.479. The summed E-state index contributed by atoms with van der Waals surface area (Å²) in [5.41, 5.74) is 6.48. The molecule has 1 saturated heterocycles. The molecule has 0 radical (unpaired) electrons. The first-order valence-electron chi connectivity index (χ1n) is 7.28. The van der Waals surface area contributed by atoms with Gasteiger partial charge in [-0.15, -0.1) is 24.8 Å². The highest BCUT2D eigenvalue weighted by molar-refractivity contribution is 5.85. The van der Waals surface area contributed by atoms with E-state index in [9.17, 15) is 4.79 Å². The summed E-state index contributed by atoms with van der Waals surface area (Å²) in [6.45, 7) is 7.05. The Morgan fingerprint density at radius 3 is 2.55 bits per heavy atom. The molecule has 1 atom stereocenters. The van der Waals surface area contributed by atoms with Crippen LogP contribution in [0.5, 0.6) is 0 Å². The number of benzene rings is 1. The summed E-state index contributed by atoms with van der Waals surface area (Å²) in [6.07, 6.45) is 1.01. The Morgan fingerprint density at radius 2 is 1.95 bits per heavy atom. The lowest BCUT2D eigenvalue weighted by atomic mass is 9.92. The van der Waals surface area contributed by atoms with Crippen LogP contribution in [0, 0.1) is 5.41 Å². The average molecular weight is 348 g/mol. The first-order valence-corrected chi connectivity index (χ1v) is 7.28. The monoisotopic (exact) mass is 347 g/mol.